The highest BCUT2D eigenvalue weighted by molar-refractivity contribution is 6.08. The van der Waals surface area contributed by atoms with Crippen LogP contribution < -0.4 is 16.3 Å². The summed E-state index contributed by atoms with van der Waals surface area (Å²) in [4.78, 5) is 30.5. The molecule has 0 radical (unpaired) electrons. The van der Waals surface area contributed by atoms with Gasteiger partial charge in [-0.25, -0.2) is 4.79 Å². The standard InChI is InChI=1S/C22H24N4O2/c23-17-8-3-9-19-16(17)7-4-12-25(19)21(27)14-10-11-20-18(13-14)24-22(28)26(20)15-5-1-2-6-15/h3,8-11,13,15H,1-2,4-7,12,23H2,(H,24,28). The van der Waals surface area contributed by atoms with E-state index in [9.17, 15) is 9.59 Å². The van der Waals surface area contributed by atoms with Gasteiger partial charge in [-0.3, -0.25) is 9.36 Å². The van der Waals surface area contributed by atoms with Crippen LogP contribution in [0.5, 0.6) is 0 Å². The molecule has 3 N–H and O–H groups in total. The number of benzene rings is 2. The lowest BCUT2D eigenvalue weighted by atomic mass is 9.99. The van der Waals surface area contributed by atoms with Gasteiger partial charge in [0.05, 0.1) is 11.0 Å². The molecule has 6 heteroatoms. The molecule has 0 unspecified atom stereocenters. The second-order valence-electron chi connectivity index (χ2n) is 7.88. The number of aromatic amines is 1. The number of nitrogens with zero attached hydrogens (tertiary/aromatic N) is 2. The zero-order valence-electron chi connectivity index (χ0n) is 15.8. The summed E-state index contributed by atoms with van der Waals surface area (Å²) in [5.41, 5.74) is 10.9. The summed E-state index contributed by atoms with van der Waals surface area (Å²) in [7, 11) is 0. The van der Waals surface area contributed by atoms with Gasteiger partial charge in [-0.05, 0) is 61.6 Å². The topological polar surface area (TPSA) is 84.1 Å². The van der Waals surface area contributed by atoms with E-state index in [1.807, 2.05) is 45.9 Å². The van der Waals surface area contributed by atoms with Crippen molar-refractivity contribution in [3.63, 3.8) is 0 Å². The third-order valence-corrected chi connectivity index (χ3v) is 6.19. The number of hydrogen-bond donors (Lipinski definition) is 2. The van der Waals surface area contributed by atoms with Gasteiger partial charge in [0, 0.05) is 29.5 Å². The average molecular weight is 376 g/mol. The molecule has 2 aliphatic rings. The molecule has 0 spiro atoms. The number of rotatable bonds is 2. The van der Waals surface area contributed by atoms with Crippen LogP contribution in [0, 0.1) is 0 Å². The number of amides is 1. The molecule has 28 heavy (non-hydrogen) atoms. The SMILES string of the molecule is Nc1cccc2c1CCCN2C(=O)c1ccc2c(c1)[nH]c(=O)n2C1CCCC1. The minimum atomic E-state index is -0.0809. The number of aromatic nitrogens is 2. The van der Waals surface area contributed by atoms with E-state index in [2.05, 4.69) is 4.98 Å². The lowest BCUT2D eigenvalue weighted by Crippen LogP contribution is -2.35. The Balaban J connectivity index is 1.53. The molecule has 2 heterocycles. The summed E-state index contributed by atoms with van der Waals surface area (Å²) in [5, 5.41) is 0. The van der Waals surface area contributed by atoms with E-state index in [0.29, 0.717) is 12.1 Å². The van der Waals surface area contributed by atoms with E-state index in [-0.39, 0.29) is 17.6 Å². The molecule has 1 saturated carbocycles. The van der Waals surface area contributed by atoms with Crippen LogP contribution >= 0.6 is 0 Å². The van der Waals surface area contributed by atoms with Crippen LogP contribution in [0.4, 0.5) is 11.4 Å². The summed E-state index contributed by atoms with van der Waals surface area (Å²) in [6.07, 6.45) is 6.20. The Kier molecular flexibility index (Phi) is 4.00. The molecule has 1 amide bonds. The molecule has 144 valence electrons. The number of fused-ring (bicyclic) bond motifs is 2. The fourth-order valence-electron chi connectivity index (χ4n) is 4.81. The first-order valence-electron chi connectivity index (χ1n) is 10.1. The van der Waals surface area contributed by atoms with Gasteiger partial charge in [-0.2, -0.15) is 0 Å². The Morgan fingerprint density at radius 2 is 1.93 bits per heavy atom. The first-order chi connectivity index (χ1) is 13.6. The van der Waals surface area contributed by atoms with Gasteiger partial charge < -0.3 is 15.6 Å². The molecule has 0 atom stereocenters. The van der Waals surface area contributed by atoms with Gasteiger partial charge in [-0.1, -0.05) is 18.9 Å². The van der Waals surface area contributed by atoms with Crippen molar-refractivity contribution in [2.45, 2.75) is 44.6 Å². The van der Waals surface area contributed by atoms with Crippen molar-refractivity contribution in [1.82, 2.24) is 9.55 Å². The molecule has 0 saturated heterocycles. The highest BCUT2D eigenvalue weighted by atomic mass is 16.2. The monoisotopic (exact) mass is 376 g/mol. The van der Waals surface area contributed by atoms with E-state index in [1.54, 1.807) is 0 Å². The Labute approximate surface area is 163 Å². The van der Waals surface area contributed by atoms with E-state index in [4.69, 9.17) is 5.73 Å². The number of nitrogen functional groups attached to an aromatic ring is 1. The summed E-state index contributed by atoms with van der Waals surface area (Å²) < 4.78 is 1.87. The third kappa shape index (κ3) is 2.63. The first-order valence-corrected chi connectivity index (χ1v) is 10.1. The van der Waals surface area contributed by atoms with E-state index >= 15 is 0 Å². The second kappa shape index (κ2) is 6.55. The van der Waals surface area contributed by atoms with Gasteiger partial charge >= 0.3 is 5.69 Å². The Morgan fingerprint density at radius 3 is 2.75 bits per heavy atom. The molecular formula is C22H24N4O2. The van der Waals surface area contributed by atoms with E-state index in [0.717, 1.165) is 66.5 Å². The van der Waals surface area contributed by atoms with Crippen LogP contribution in [-0.4, -0.2) is 22.0 Å². The number of hydrogen-bond acceptors (Lipinski definition) is 3. The Hall–Kier alpha value is -3.02. The first kappa shape index (κ1) is 17.1. The molecule has 2 aromatic carbocycles. The Morgan fingerprint density at radius 1 is 1.11 bits per heavy atom. The summed E-state index contributed by atoms with van der Waals surface area (Å²) >= 11 is 0. The summed E-state index contributed by atoms with van der Waals surface area (Å²) in [5.74, 6) is -0.0529. The average Bonchev–Trinajstić information content (AvgIpc) is 3.33. The maximum Gasteiger partial charge on any atom is 0.326 e. The van der Waals surface area contributed by atoms with Gasteiger partial charge in [0.25, 0.3) is 5.91 Å². The number of nitrogens with one attached hydrogen (secondary N) is 1. The third-order valence-electron chi connectivity index (χ3n) is 6.19. The summed E-state index contributed by atoms with van der Waals surface area (Å²) in [6, 6.07) is 11.6. The van der Waals surface area contributed by atoms with Crippen molar-refractivity contribution in [2.24, 2.45) is 0 Å². The molecule has 1 aliphatic heterocycles. The molecule has 3 aromatic rings. The molecule has 1 aliphatic carbocycles. The van der Waals surface area contributed by atoms with Crippen molar-refractivity contribution >= 4 is 28.3 Å². The highest BCUT2D eigenvalue weighted by Crippen LogP contribution is 2.33. The van der Waals surface area contributed by atoms with Gasteiger partial charge in [0.1, 0.15) is 0 Å². The molecule has 1 aromatic heterocycles. The van der Waals surface area contributed by atoms with Crippen molar-refractivity contribution in [1.29, 1.82) is 0 Å². The van der Waals surface area contributed by atoms with E-state index in [1.165, 1.54) is 0 Å². The molecule has 6 nitrogen and oxygen atoms in total. The predicted molar refractivity (Wildman–Crippen MR) is 111 cm³/mol. The van der Waals surface area contributed by atoms with Crippen LogP contribution in [-0.2, 0) is 6.42 Å². The summed E-state index contributed by atoms with van der Waals surface area (Å²) in [6.45, 7) is 0.674. The highest BCUT2D eigenvalue weighted by Gasteiger charge is 2.26. The zero-order chi connectivity index (χ0) is 19.3. The van der Waals surface area contributed by atoms with Crippen molar-refractivity contribution in [3.05, 3.63) is 58.0 Å². The number of nitrogens with two attached hydrogens (primary N) is 1. The minimum Gasteiger partial charge on any atom is -0.398 e. The molecule has 5 rings (SSSR count). The van der Waals surface area contributed by atoms with Crippen LogP contribution in [0.1, 0.15) is 54.1 Å². The van der Waals surface area contributed by atoms with Crippen LogP contribution in [0.25, 0.3) is 11.0 Å². The van der Waals surface area contributed by atoms with Crippen LogP contribution in [0.15, 0.2) is 41.2 Å². The molecule has 1 fully saturated rings. The normalized spacial score (nSPS) is 17.2. The quantitative estimate of drug-likeness (QED) is 0.670. The van der Waals surface area contributed by atoms with Crippen molar-refractivity contribution in [2.75, 3.05) is 17.2 Å². The maximum absolute atomic E-state index is 13.3. The van der Waals surface area contributed by atoms with Crippen LogP contribution in [0.2, 0.25) is 0 Å². The fourth-order valence-corrected chi connectivity index (χ4v) is 4.81. The molecule has 0 bridgehead atoms. The van der Waals surface area contributed by atoms with Crippen molar-refractivity contribution in [3.8, 4) is 0 Å². The molecular weight excluding hydrogens is 352 g/mol. The lowest BCUT2D eigenvalue weighted by Gasteiger charge is -2.30. The fraction of sp³-hybridized carbons (Fsp3) is 0.364. The second-order valence-corrected chi connectivity index (χ2v) is 7.88. The predicted octanol–water partition coefficient (Wildman–Crippen LogP) is 3.62. The Bertz CT molecular complexity index is 1120. The number of carbonyl (C=O) groups excluding carboxylic acids is 1. The minimum absolute atomic E-state index is 0.0529. The largest absolute Gasteiger partial charge is 0.398 e. The number of H-pyrrole nitrogens is 1. The van der Waals surface area contributed by atoms with Crippen molar-refractivity contribution < 1.29 is 4.79 Å². The zero-order valence-corrected chi connectivity index (χ0v) is 15.8. The number of imidazole rings is 1. The van der Waals surface area contributed by atoms with Crippen LogP contribution in [0.3, 0.4) is 0 Å². The van der Waals surface area contributed by atoms with E-state index < -0.39 is 0 Å². The number of anilines is 2. The van der Waals surface area contributed by atoms with Gasteiger partial charge in [0.2, 0.25) is 0 Å². The van der Waals surface area contributed by atoms with Gasteiger partial charge in [0.15, 0.2) is 0 Å². The maximum atomic E-state index is 13.3. The lowest BCUT2D eigenvalue weighted by molar-refractivity contribution is 0.0985. The van der Waals surface area contributed by atoms with Gasteiger partial charge in [-0.15, -0.1) is 0 Å². The smallest absolute Gasteiger partial charge is 0.326 e. The number of carbonyl (C=O) groups is 1.